The van der Waals surface area contributed by atoms with Crippen LogP contribution in [0, 0.1) is 25.2 Å². The molecular weight excluding hydrogens is 753 g/mol. The van der Waals surface area contributed by atoms with Crippen LogP contribution in [0.4, 0.5) is 0 Å². The summed E-state index contributed by atoms with van der Waals surface area (Å²) in [6.45, 7) is 5.29. The van der Waals surface area contributed by atoms with Gasteiger partial charge in [-0.1, -0.05) is 6.07 Å². The maximum atomic E-state index is 14.9. The first-order chi connectivity index (χ1) is 27.4. The van der Waals surface area contributed by atoms with Crippen LogP contribution in [0.15, 0.2) is 28.7 Å². The number of esters is 2. The number of methoxy groups -OCH3 is 2. The summed E-state index contributed by atoms with van der Waals surface area (Å²) in [6.07, 6.45) is 0.880. The van der Waals surface area contributed by atoms with Crippen LogP contribution in [-0.2, 0) is 32.7 Å². The van der Waals surface area contributed by atoms with Crippen molar-refractivity contribution in [2.24, 2.45) is 0 Å². The number of nitrogens with one attached hydrogen (secondary N) is 1. The smallest absolute Gasteiger partial charge is 0.335 e. The first-order valence-electron chi connectivity index (χ1n) is 18.9. The minimum absolute atomic E-state index is 0.00389. The average molecular weight is 797 g/mol. The highest BCUT2D eigenvalue weighted by Gasteiger charge is 2.58. The quantitative estimate of drug-likeness (QED) is 0.202. The van der Waals surface area contributed by atoms with Gasteiger partial charge in [0.15, 0.2) is 28.5 Å². The van der Waals surface area contributed by atoms with Crippen LogP contribution in [0.2, 0.25) is 0 Å². The largest absolute Gasteiger partial charge is 0.504 e. The molecule has 6 aliphatic rings. The van der Waals surface area contributed by atoms with Gasteiger partial charge < -0.3 is 42.8 Å². The highest BCUT2D eigenvalue weighted by molar-refractivity contribution is 7.99. The molecule has 10 rings (SSSR count). The molecule has 0 unspecified atom stereocenters. The van der Waals surface area contributed by atoms with Crippen LogP contribution >= 0.6 is 11.8 Å². The number of phenolic OH excluding ortho intramolecular Hbond substituents is 1. The third-order valence-electron chi connectivity index (χ3n) is 12.2. The summed E-state index contributed by atoms with van der Waals surface area (Å²) >= 11 is 1.48. The van der Waals surface area contributed by atoms with Gasteiger partial charge in [-0.15, -0.1) is 11.8 Å². The Morgan fingerprint density at radius 1 is 1.09 bits per heavy atom. The number of carbonyl (C=O) groups excluding carboxylic acids is 2. The zero-order valence-corrected chi connectivity index (χ0v) is 33.6. The number of hydrogen-bond acceptors (Lipinski definition) is 15. The van der Waals surface area contributed by atoms with E-state index in [0.717, 1.165) is 22.1 Å². The van der Waals surface area contributed by atoms with E-state index in [0.29, 0.717) is 75.3 Å². The van der Waals surface area contributed by atoms with E-state index in [1.807, 2.05) is 57.1 Å². The summed E-state index contributed by atoms with van der Waals surface area (Å²) < 4.78 is 42.9. The van der Waals surface area contributed by atoms with Crippen molar-refractivity contribution in [2.45, 2.75) is 68.6 Å². The van der Waals surface area contributed by atoms with Crippen LogP contribution in [0.1, 0.15) is 69.0 Å². The second-order valence-electron chi connectivity index (χ2n) is 15.5. The van der Waals surface area contributed by atoms with Gasteiger partial charge in [-0.3, -0.25) is 15.0 Å². The lowest BCUT2D eigenvalue weighted by atomic mass is 9.80. The van der Waals surface area contributed by atoms with Crippen molar-refractivity contribution < 1.29 is 47.5 Å². The number of hydrogen-bond donors (Lipinski definition) is 2. The van der Waals surface area contributed by atoms with Crippen LogP contribution in [0.5, 0.6) is 34.5 Å². The van der Waals surface area contributed by atoms with Crippen LogP contribution in [-0.4, -0.2) is 92.9 Å². The molecule has 1 spiro atoms. The summed E-state index contributed by atoms with van der Waals surface area (Å²) in [4.78, 5) is 32.1. The lowest BCUT2D eigenvalue weighted by Gasteiger charge is -2.53. The standard InChI is InChI=1S/C42H44N4O10S/c1-19-12-22-13-23(15-43)46-27-16-52-41(49)42(40-25(10-11-44-42)26-14-24(50-6)8-9-28(26)56-40)17-57-39(33(46)32(45(4)5)29(22)34(48)35(19)51-7)31-30(27)38-37(53-18-54-38)20(2)36(31)55-21(3)47/h8-9,12,14,23,27,32-33,39,44,48H,10-11,13,16-18H2,1-7H3/t23-,27+,32+,33-,39-,42-/m1/s1. The Bertz CT molecular complexity index is 2410. The van der Waals surface area contributed by atoms with Gasteiger partial charge in [0.1, 0.15) is 35.5 Å². The molecule has 1 saturated heterocycles. The van der Waals surface area contributed by atoms with E-state index in [1.165, 1.54) is 25.8 Å². The molecule has 4 aromatic rings. The monoisotopic (exact) mass is 796 g/mol. The third-order valence-corrected chi connectivity index (χ3v) is 13.7. The molecule has 6 aliphatic heterocycles. The first kappa shape index (κ1) is 37.4. The molecule has 1 fully saturated rings. The first-order valence-corrected chi connectivity index (χ1v) is 20.0. The number of benzene rings is 3. The summed E-state index contributed by atoms with van der Waals surface area (Å²) in [5.74, 6) is 1.85. The van der Waals surface area contributed by atoms with Gasteiger partial charge >= 0.3 is 11.9 Å². The predicted molar refractivity (Wildman–Crippen MR) is 208 cm³/mol. The molecule has 15 heteroatoms. The molecule has 1 aromatic heterocycles. The van der Waals surface area contributed by atoms with E-state index >= 15 is 0 Å². The molecule has 298 valence electrons. The molecule has 2 N–H and O–H groups in total. The van der Waals surface area contributed by atoms with Gasteiger partial charge in [0.05, 0.1) is 37.6 Å². The van der Waals surface area contributed by atoms with E-state index in [2.05, 4.69) is 16.3 Å². The van der Waals surface area contributed by atoms with Gasteiger partial charge in [-0.25, -0.2) is 4.79 Å². The molecule has 0 amide bonds. The topological polar surface area (TPSA) is 165 Å². The van der Waals surface area contributed by atoms with Crippen molar-refractivity contribution >= 4 is 34.7 Å². The lowest BCUT2D eigenvalue weighted by Crippen LogP contribution is -2.59. The third kappa shape index (κ3) is 5.41. The van der Waals surface area contributed by atoms with Gasteiger partial charge in [0, 0.05) is 64.9 Å². The summed E-state index contributed by atoms with van der Waals surface area (Å²) in [5.41, 5.74) is 4.21. The van der Waals surface area contributed by atoms with Crippen LogP contribution in [0.25, 0.3) is 11.0 Å². The summed E-state index contributed by atoms with van der Waals surface area (Å²) in [5, 5.41) is 27.0. The predicted octanol–water partition coefficient (Wildman–Crippen LogP) is 5.28. The maximum absolute atomic E-state index is 14.9. The van der Waals surface area contributed by atoms with Crippen LogP contribution in [0.3, 0.4) is 0 Å². The number of likely N-dealkylation sites (N-methyl/N-ethyl adjacent to an activating group) is 1. The number of nitriles is 1. The van der Waals surface area contributed by atoms with Gasteiger partial charge in [-0.05, 0) is 63.7 Å². The van der Waals surface area contributed by atoms with Gasteiger partial charge in [0.2, 0.25) is 6.79 Å². The number of carbonyl (C=O) groups is 2. The van der Waals surface area contributed by atoms with E-state index in [4.69, 9.17) is 32.8 Å². The zero-order valence-electron chi connectivity index (χ0n) is 32.8. The number of ether oxygens (including phenoxy) is 6. The Kier molecular flexibility index (Phi) is 9.04. The fourth-order valence-electron chi connectivity index (χ4n) is 9.93. The van der Waals surface area contributed by atoms with E-state index in [1.54, 1.807) is 7.11 Å². The molecule has 0 saturated carbocycles. The van der Waals surface area contributed by atoms with Crippen molar-refractivity contribution in [3.8, 4) is 40.6 Å². The van der Waals surface area contributed by atoms with Crippen molar-refractivity contribution in [2.75, 3.05) is 54.0 Å². The minimum atomic E-state index is -1.41. The maximum Gasteiger partial charge on any atom is 0.335 e. The highest BCUT2D eigenvalue weighted by Crippen LogP contribution is 2.63. The van der Waals surface area contributed by atoms with Gasteiger partial charge in [-0.2, -0.15) is 5.26 Å². The van der Waals surface area contributed by atoms with E-state index in [-0.39, 0.29) is 31.3 Å². The fourth-order valence-corrected chi connectivity index (χ4v) is 11.6. The number of furan rings is 1. The number of aryl methyl sites for hydroxylation is 1. The van der Waals surface area contributed by atoms with Crippen molar-refractivity contribution in [3.05, 3.63) is 69.0 Å². The molecule has 7 heterocycles. The average Bonchev–Trinajstić information content (AvgIpc) is 3.80. The van der Waals surface area contributed by atoms with E-state index in [9.17, 15) is 20.0 Å². The Morgan fingerprint density at radius 2 is 1.88 bits per heavy atom. The zero-order chi connectivity index (χ0) is 40.1. The summed E-state index contributed by atoms with van der Waals surface area (Å²) in [6, 6.07) is 7.54. The number of nitrogens with zero attached hydrogens (tertiary/aromatic N) is 3. The highest BCUT2D eigenvalue weighted by atomic mass is 32.2. The molecule has 3 aromatic carbocycles. The van der Waals surface area contributed by atoms with Crippen LogP contribution < -0.4 is 29.0 Å². The van der Waals surface area contributed by atoms with Gasteiger partial charge in [0.25, 0.3) is 0 Å². The Morgan fingerprint density at radius 3 is 2.60 bits per heavy atom. The van der Waals surface area contributed by atoms with Crippen molar-refractivity contribution in [1.82, 2.24) is 15.1 Å². The summed E-state index contributed by atoms with van der Waals surface area (Å²) in [7, 11) is 7.03. The second-order valence-corrected chi connectivity index (χ2v) is 16.6. The molecule has 0 radical (unpaired) electrons. The number of aromatic hydroxyl groups is 1. The Labute approximate surface area is 333 Å². The molecule has 14 nitrogen and oxygen atoms in total. The second kappa shape index (κ2) is 13.8. The Hall–Kier alpha value is -5.14. The Balaban J connectivity index is 1.33. The molecular formula is C42H44N4O10S. The molecule has 2 bridgehead atoms. The number of phenols is 1. The number of rotatable bonds is 4. The lowest BCUT2D eigenvalue weighted by molar-refractivity contribution is -0.155. The SMILES string of the molecule is COc1ccc2oc3c(c2c1)CCN[C@]31CS[C@@H]2c3c(OC(C)=O)c(C)c4c(c3[C@H](COC1=O)N1[C@@H]2[C@@H](N(C)C)c2c(cc(C)c(OC)c2O)C[C@@H]1C#N)OCO4. The van der Waals surface area contributed by atoms with Crippen molar-refractivity contribution in [3.63, 3.8) is 0 Å². The van der Waals surface area contributed by atoms with Crippen molar-refractivity contribution in [1.29, 1.82) is 5.26 Å². The molecule has 6 atom stereocenters. The molecule has 57 heavy (non-hydrogen) atoms. The number of thioether (sulfide) groups is 1. The number of fused-ring (bicyclic) bond motifs is 8. The fraction of sp³-hybridized carbons (Fsp3) is 0.452. The molecule has 0 aliphatic carbocycles. The minimum Gasteiger partial charge on any atom is -0.504 e. The normalized spacial score (nSPS) is 26.2. The van der Waals surface area contributed by atoms with E-state index < -0.39 is 46.9 Å².